The standard InChI is InChI=1S/C28H47N3O5/c1-9-10-11-15-29-25(33)24(23-20(4)13-12-14-21(23)5)31(16-17-32)26(34)22(18-19(2)3)30-27(35)36-28(6,7)8/h12-14,19,22,24,32H,9-11,15-18H2,1-8H3,(H,29,33)(H,30,35). The highest BCUT2D eigenvalue weighted by molar-refractivity contribution is 5.92. The molecule has 0 spiro atoms. The minimum absolute atomic E-state index is 0.0513. The number of amides is 3. The Morgan fingerprint density at radius 3 is 2.19 bits per heavy atom. The van der Waals surface area contributed by atoms with E-state index in [9.17, 15) is 19.5 Å². The Morgan fingerprint density at radius 2 is 1.69 bits per heavy atom. The van der Waals surface area contributed by atoms with Gasteiger partial charge in [0, 0.05) is 13.1 Å². The molecule has 36 heavy (non-hydrogen) atoms. The monoisotopic (exact) mass is 505 g/mol. The molecule has 3 N–H and O–H groups in total. The van der Waals surface area contributed by atoms with Crippen LogP contribution in [0.4, 0.5) is 4.79 Å². The van der Waals surface area contributed by atoms with Crippen LogP contribution in [-0.4, -0.2) is 59.3 Å². The van der Waals surface area contributed by atoms with Gasteiger partial charge in [-0.2, -0.15) is 0 Å². The van der Waals surface area contributed by atoms with Gasteiger partial charge in [-0.3, -0.25) is 9.59 Å². The van der Waals surface area contributed by atoms with E-state index in [1.807, 2.05) is 45.9 Å². The lowest BCUT2D eigenvalue weighted by molar-refractivity contribution is -0.143. The number of rotatable bonds is 13. The average Bonchev–Trinajstić information content (AvgIpc) is 2.75. The number of benzene rings is 1. The van der Waals surface area contributed by atoms with Crippen molar-refractivity contribution in [2.75, 3.05) is 19.7 Å². The van der Waals surface area contributed by atoms with Crippen LogP contribution in [0.3, 0.4) is 0 Å². The van der Waals surface area contributed by atoms with Crippen molar-refractivity contribution in [3.63, 3.8) is 0 Å². The maximum Gasteiger partial charge on any atom is 0.408 e. The van der Waals surface area contributed by atoms with Crippen LogP contribution < -0.4 is 10.6 Å². The predicted molar refractivity (Wildman–Crippen MR) is 143 cm³/mol. The second-order valence-corrected chi connectivity index (χ2v) is 10.8. The highest BCUT2D eigenvalue weighted by atomic mass is 16.6. The van der Waals surface area contributed by atoms with E-state index in [1.54, 1.807) is 20.8 Å². The van der Waals surface area contributed by atoms with E-state index in [1.165, 1.54) is 4.90 Å². The molecule has 0 saturated carbocycles. The van der Waals surface area contributed by atoms with Crippen molar-refractivity contribution in [1.29, 1.82) is 0 Å². The van der Waals surface area contributed by atoms with E-state index < -0.39 is 29.7 Å². The highest BCUT2D eigenvalue weighted by Crippen LogP contribution is 2.29. The van der Waals surface area contributed by atoms with Crippen molar-refractivity contribution >= 4 is 17.9 Å². The molecule has 0 aliphatic carbocycles. The molecule has 3 amide bonds. The molecule has 0 radical (unpaired) electrons. The second-order valence-electron chi connectivity index (χ2n) is 10.8. The van der Waals surface area contributed by atoms with Crippen LogP contribution in [0.1, 0.15) is 90.0 Å². The first-order valence-corrected chi connectivity index (χ1v) is 13.1. The van der Waals surface area contributed by atoms with Crippen LogP contribution in [-0.2, 0) is 14.3 Å². The quantitative estimate of drug-likeness (QED) is 0.344. The van der Waals surface area contributed by atoms with Crippen LogP contribution in [0.5, 0.6) is 0 Å². The number of aryl methyl sites for hydroxylation is 2. The minimum Gasteiger partial charge on any atom is -0.444 e. The summed E-state index contributed by atoms with van der Waals surface area (Å²) in [5, 5.41) is 15.6. The summed E-state index contributed by atoms with van der Waals surface area (Å²) >= 11 is 0. The number of unbranched alkanes of at least 4 members (excludes halogenated alkanes) is 2. The molecule has 0 aliphatic heterocycles. The van der Waals surface area contributed by atoms with Gasteiger partial charge in [-0.1, -0.05) is 51.8 Å². The number of hydrogen-bond donors (Lipinski definition) is 3. The van der Waals surface area contributed by atoms with Crippen molar-refractivity contribution in [2.45, 2.75) is 98.8 Å². The van der Waals surface area contributed by atoms with E-state index in [0.29, 0.717) is 13.0 Å². The molecule has 0 fully saturated rings. The lowest BCUT2D eigenvalue weighted by atomic mass is 9.93. The van der Waals surface area contributed by atoms with Gasteiger partial charge in [0.15, 0.2) is 0 Å². The largest absolute Gasteiger partial charge is 0.444 e. The number of carbonyl (C=O) groups excluding carboxylic acids is 3. The summed E-state index contributed by atoms with van der Waals surface area (Å²) in [6.45, 7) is 15.2. The van der Waals surface area contributed by atoms with E-state index >= 15 is 0 Å². The third-order valence-electron chi connectivity index (χ3n) is 5.78. The molecule has 1 aromatic rings. The molecule has 2 unspecified atom stereocenters. The highest BCUT2D eigenvalue weighted by Gasteiger charge is 2.37. The number of hydrogen-bond acceptors (Lipinski definition) is 5. The number of nitrogens with one attached hydrogen (secondary N) is 2. The van der Waals surface area contributed by atoms with Crippen molar-refractivity contribution in [3.05, 3.63) is 34.9 Å². The maximum atomic E-state index is 14.0. The Morgan fingerprint density at radius 1 is 1.08 bits per heavy atom. The third kappa shape index (κ3) is 10.2. The van der Waals surface area contributed by atoms with Gasteiger partial charge in [0.1, 0.15) is 17.7 Å². The average molecular weight is 506 g/mol. The molecule has 0 bridgehead atoms. The molecule has 204 valence electrons. The summed E-state index contributed by atoms with van der Waals surface area (Å²) in [4.78, 5) is 41.5. The van der Waals surface area contributed by atoms with Gasteiger partial charge in [0.05, 0.1) is 6.61 Å². The van der Waals surface area contributed by atoms with Gasteiger partial charge in [-0.05, 0) is 70.1 Å². The number of nitrogens with zero attached hydrogens (tertiary/aromatic N) is 1. The minimum atomic E-state index is -0.942. The second kappa shape index (κ2) is 14.8. The van der Waals surface area contributed by atoms with Crippen molar-refractivity contribution in [2.24, 2.45) is 5.92 Å². The first-order valence-electron chi connectivity index (χ1n) is 13.1. The lowest BCUT2D eigenvalue weighted by Crippen LogP contribution is -2.54. The Labute approximate surface area is 217 Å². The Kier molecular flexibility index (Phi) is 12.9. The van der Waals surface area contributed by atoms with Crippen molar-refractivity contribution in [1.82, 2.24) is 15.5 Å². The summed E-state index contributed by atoms with van der Waals surface area (Å²) in [6.07, 6.45) is 2.52. The fourth-order valence-corrected chi connectivity index (χ4v) is 4.19. The molecule has 0 saturated heterocycles. The fourth-order valence-electron chi connectivity index (χ4n) is 4.19. The number of aliphatic hydroxyl groups excluding tert-OH is 1. The van der Waals surface area contributed by atoms with Crippen LogP contribution in [0.25, 0.3) is 0 Å². The molecular weight excluding hydrogens is 458 g/mol. The van der Waals surface area contributed by atoms with Crippen molar-refractivity contribution in [3.8, 4) is 0 Å². The zero-order chi connectivity index (χ0) is 27.5. The zero-order valence-corrected chi connectivity index (χ0v) is 23.4. The fraction of sp³-hybridized carbons (Fsp3) is 0.679. The molecule has 0 aliphatic rings. The van der Waals surface area contributed by atoms with Crippen molar-refractivity contribution < 1.29 is 24.2 Å². The van der Waals surface area contributed by atoms with E-state index in [2.05, 4.69) is 17.6 Å². The molecule has 0 heterocycles. The molecule has 0 aromatic heterocycles. The molecule has 1 rings (SSSR count). The zero-order valence-electron chi connectivity index (χ0n) is 23.4. The summed E-state index contributed by atoms with van der Waals surface area (Å²) < 4.78 is 5.40. The SMILES string of the molecule is CCCCCNC(=O)C(c1c(C)cccc1C)N(CCO)C(=O)C(CC(C)C)NC(=O)OC(C)(C)C. The number of aliphatic hydroxyl groups is 1. The van der Waals surface area contributed by atoms with Gasteiger partial charge in [-0.25, -0.2) is 4.79 Å². The lowest BCUT2D eigenvalue weighted by Gasteiger charge is -2.35. The summed E-state index contributed by atoms with van der Waals surface area (Å²) in [5.74, 6) is -0.641. The van der Waals surface area contributed by atoms with Crippen LogP contribution in [0.15, 0.2) is 18.2 Å². The Bertz CT molecular complexity index is 843. The number of carbonyl (C=O) groups is 3. The van der Waals surface area contributed by atoms with Gasteiger partial charge in [-0.15, -0.1) is 0 Å². The van der Waals surface area contributed by atoms with Crippen LogP contribution >= 0.6 is 0 Å². The Balaban J connectivity index is 3.45. The smallest absolute Gasteiger partial charge is 0.408 e. The first-order chi connectivity index (χ1) is 16.8. The van der Waals surface area contributed by atoms with Gasteiger partial charge >= 0.3 is 6.09 Å². The number of ether oxygens (including phenoxy) is 1. The molecule has 8 heteroatoms. The van der Waals surface area contributed by atoms with Crippen LogP contribution in [0.2, 0.25) is 0 Å². The predicted octanol–water partition coefficient (Wildman–Crippen LogP) is 4.41. The molecular formula is C28H47N3O5. The van der Waals surface area contributed by atoms with E-state index in [-0.39, 0.29) is 25.0 Å². The summed E-state index contributed by atoms with van der Waals surface area (Å²) in [5.41, 5.74) is 1.76. The third-order valence-corrected chi connectivity index (χ3v) is 5.78. The summed E-state index contributed by atoms with van der Waals surface area (Å²) in [7, 11) is 0. The molecule has 1 aromatic carbocycles. The summed E-state index contributed by atoms with van der Waals surface area (Å²) in [6, 6.07) is 3.88. The maximum absolute atomic E-state index is 14.0. The van der Waals surface area contributed by atoms with Gasteiger partial charge in [0.25, 0.3) is 0 Å². The van der Waals surface area contributed by atoms with Crippen LogP contribution in [0, 0.1) is 19.8 Å². The normalized spacial score (nSPS) is 13.2. The number of alkyl carbamates (subject to hydrolysis) is 1. The van der Waals surface area contributed by atoms with Gasteiger partial charge < -0.3 is 25.4 Å². The Hall–Kier alpha value is -2.61. The van der Waals surface area contributed by atoms with Gasteiger partial charge in [0.2, 0.25) is 11.8 Å². The topological polar surface area (TPSA) is 108 Å². The molecule has 2 atom stereocenters. The van der Waals surface area contributed by atoms with E-state index in [4.69, 9.17) is 4.74 Å². The molecule has 8 nitrogen and oxygen atoms in total. The first kappa shape index (κ1) is 31.4. The van der Waals surface area contributed by atoms with E-state index in [0.717, 1.165) is 36.0 Å².